The van der Waals surface area contributed by atoms with E-state index in [1.54, 1.807) is 22.3 Å². The van der Waals surface area contributed by atoms with Crippen LogP contribution in [0, 0.1) is 37.5 Å². The summed E-state index contributed by atoms with van der Waals surface area (Å²) in [5.41, 5.74) is 12.1. The Morgan fingerprint density at radius 3 is 0.852 bits per heavy atom. The second-order valence-electron chi connectivity index (χ2n) is 17.8. The summed E-state index contributed by atoms with van der Waals surface area (Å²) in [5, 5.41) is 6.11. The molecule has 0 bridgehead atoms. The number of unbranched alkanes of at least 4 members (excludes halogenated alkanes) is 4. The monoisotopic (exact) mass is 731 g/mol. The second kappa shape index (κ2) is 22.8. The van der Waals surface area contributed by atoms with Crippen molar-refractivity contribution in [2.24, 2.45) is 23.7 Å². The summed E-state index contributed by atoms with van der Waals surface area (Å²) < 4.78 is 0. The molecule has 0 amide bonds. The fraction of sp³-hybridized carbons (Fsp3) is 0.630. The zero-order valence-electron chi connectivity index (χ0n) is 37.1. The van der Waals surface area contributed by atoms with E-state index in [2.05, 4.69) is 118 Å². The highest BCUT2D eigenvalue weighted by Crippen LogP contribution is 2.39. The average molecular weight is 731 g/mol. The van der Waals surface area contributed by atoms with E-state index >= 15 is 0 Å². The minimum atomic E-state index is 0.736. The highest BCUT2D eigenvalue weighted by atomic mass is 14.2. The maximum Gasteiger partial charge on any atom is -0.0143 e. The Labute approximate surface area is 334 Å². The fourth-order valence-electron chi connectivity index (χ4n) is 9.57. The van der Waals surface area contributed by atoms with Crippen molar-refractivity contribution in [1.82, 2.24) is 0 Å². The molecule has 0 aliphatic carbocycles. The molecule has 0 aliphatic heterocycles. The van der Waals surface area contributed by atoms with E-state index in [1.807, 2.05) is 0 Å². The molecule has 0 nitrogen and oxygen atoms in total. The third-order valence-electron chi connectivity index (χ3n) is 13.3. The molecule has 0 fully saturated rings. The maximum absolute atomic E-state index is 2.65. The first kappa shape index (κ1) is 44.1. The van der Waals surface area contributed by atoms with Crippen molar-refractivity contribution < 1.29 is 0 Å². The Balaban J connectivity index is 2.01. The van der Waals surface area contributed by atoms with Gasteiger partial charge in [0.25, 0.3) is 0 Å². The Morgan fingerprint density at radius 1 is 0.333 bits per heavy atom. The molecule has 0 saturated heterocycles. The van der Waals surface area contributed by atoms with E-state index < -0.39 is 0 Å². The van der Waals surface area contributed by atoms with Gasteiger partial charge in [0.05, 0.1) is 0 Å². The van der Waals surface area contributed by atoms with E-state index in [1.165, 1.54) is 172 Å². The predicted octanol–water partition coefficient (Wildman–Crippen LogP) is 17.3. The summed E-state index contributed by atoms with van der Waals surface area (Å²) in [4.78, 5) is 0. The van der Waals surface area contributed by atoms with Gasteiger partial charge in [0.15, 0.2) is 0 Å². The smallest absolute Gasteiger partial charge is 0.0143 e. The van der Waals surface area contributed by atoms with E-state index in [0.29, 0.717) is 0 Å². The van der Waals surface area contributed by atoms with Gasteiger partial charge in [-0.2, -0.15) is 0 Å². The number of hydrogen-bond donors (Lipinski definition) is 0. The first-order chi connectivity index (χ1) is 26.2. The van der Waals surface area contributed by atoms with Gasteiger partial charge in [-0.3, -0.25) is 0 Å². The van der Waals surface area contributed by atoms with Crippen LogP contribution in [0.4, 0.5) is 0 Å². The van der Waals surface area contributed by atoms with Gasteiger partial charge >= 0.3 is 0 Å². The van der Waals surface area contributed by atoms with Crippen LogP contribution in [-0.2, 0) is 25.7 Å². The highest BCUT2D eigenvalue weighted by Gasteiger charge is 2.20. The van der Waals surface area contributed by atoms with Crippen molar-refractivity contribution in [3.05, 3.63) is 81.9 Å². The van der Waals surface area contributed by atoms with E-state index in [0.717, 1.165) is 23.7 Å². The van der Waals surface area contributed by atoms with Gasteiger partial charge in [-0.05, 0) is 130 Å². The van der Waals surface area contributed by atoms with Crippen molar-refractivity contribution in [1.29, 1.82) is 0 Å². The molecule has 4 unspecified atom stereocenters. The van der Waals surface area contributed by atoms with Crippen molar-refractivity contribution in [2.75, 3.05) is 0 Å². The lowest BCUT2D eigenvalue weighted by Gasteiger charge is -2.23. The van der Waals surface area contributed by atoms with Crippen LogP contribution < -0.4 is 0 Å². The summed E-state index contributed by atoms with van der Waals surface area (Å²) in [7, 11) is 0. The summed E-state index contributed by atoms with van der Waals surface area (Å²) in [6.07, 6.45) is 25.7. The third-order valence-corrected chi connectivity index (χ3v) is 13.3. The van der Waals surface area contributed by atoms with Gasteiger partial charge < -0.3 is 0 Å². The standard InChI is InChI=1S/C54H82/c1-11-19-23-41(15-5)31-47-27-39(9)29-51-49(33-43(17-7)25-21-13-3)35-45(37-53(47)51)46-36-50(34-44(18-8)26-22-14-4)52-30-40(10)28-48(54(52)38-46)32-42(16-6)24-20-12-2/h27-30,35-38,41-44H,11-26,31-34H2,1-10H3. The molecule has 4 aromatic carbocycles. The predicted molar refractivity (Wildman–Crippen MR) is 244 cm³/mol. The summed E-state index contributed by atoms with van der Waals surface area (Å²) in [5.74, 6) is 2.97. The Hall–Kier alpha value is -2.60. The van der Waals surface area contributed by atoms with Crippen LogP contribution in [-0.4, -0.2) is 0 Å². The largest absolute Gasteiger partial charge is 0.0654 e. The maximum atomic E-state index is 2.65. The topological polar surface area (TPSA) is 0 Å². The number of aryl methyl sites for hydroxylation is 2. The molecule has 0 heteroatoms. The molecule has 298 valence electrons. The minimum absolute atomic E-state index is 0.736. The molecule has 54 heavy (non-hydrogen) atoms. The van der Waals surface area contributed by atoms with Crippen LogP contribution in [0.2, 0.25) is 0 Å². The molecule has 0 aliphatic rings. The molecule has 4 aromatic rings. The first-order valence-corrected chi connectivity index (χ1v) is 23.3. The van der Waals surface area contributed by atoms with Crippen LogP contribution in [0.1, 0.15) is 192 Å². The van der Waals surface area contributed by atoms with E-state index in [9.17, 15) is 0 Å². The van der Waals surface area contributed by atoms with Gasteiger partial charge in [0.2, 0.25) is 0 Å². The van der Waals surface area contributed by atoms with Crippen molar-refractivity contribution in [3.63, 3.8) is 0 Å². The summed E-state index contributed by atoms with van der Waals surface area (Å²) in [6, 6.07) is 20.7. The Kier molecular flexibility index (Phi) is 18.7. The van der Waals surface area contributed by atoms with Crippen LogP contribution >= 0.6 is 0 Å². The van der Waals surface area contributed by atoms with Crippen LogP contribution in [0.3, 0.4) is 0 Å². The molecule has 4 atom stereocenters. The van der Waals surface area contributed by atoms with Crippen LogP contribution in [0.15, 0.2) is 48.5 Å². The first-order valence-electron chi connectivity index (χ1n) is 23.3. The summed E-state index contributed by atoms with van der Waals surface area (Å²) in [6.45, 7) is 23.8. The number of rotatable bonds is 25. The molecule has 0 saturated carbocycles. The molecule has 0 heterocycles. The SMILES string of the molecule is CCCCC(CC)Cc1cc(-c2cc(CC(CC)CCCC)c3cc(C)cc(CC(CC)CCCC)c3c2)cc2c(CC(CC)CCCC)cc(C)cc12. The zero-order chi connectivity index (χ0) is 39.0. The van der Waals surface area contributed by atoms with Crippen LogP contribution in [0.25, 0.3) is 32.7 Å². The van der Waals surface area contributed by atoms with Gasteiger partial charge in [0, 0.05) is 0 Å². The number of hydrogen-bond acceptors (Lipinski definition) is 0. The minimum Gasteiger partial charge on any atom is -0.0654 e. The van der Waals surface area contributed by atoms with Crippen molar-refractivity contribution in [2.45, 2.75) is 198 Å². The van der Waals surface area contributed by atoms with Crippen molar-refractivity contribution >= 4 is 21.5 Å². The lowest BCUT2D eigenvalue weighted by molar-refractivity contribution is 0.449. The van der Waals surface area contributed by atoms with Crippen molar-refractivity contribution in [3.8, 4) is 11.1 Å². The van der Waals surface area contributed by atoms with E-state index in [-0.39, 0.29) is 0 Å². The second-order valence-corrected chi connectivity index (χ2v) is 17.8. The Bertz CT molecular complexity index is 1580. The summed E-state index contributed by atoms with van der Waals surface area (Å²) >= 11 is 0. The molecular weight excluding hydrogens is 649 g/mol. The van der Waals surface area contributed by atoms with E-state index in [4.69, 9.17) is 0 Å². The zero-order valence-corrected chi connectivity index (χ0v) is 37.1. The molecule has 0 N–H and O–H groups in total. The molecule has 0 radical (unpaired) electrons. The number of benzene rings is 4. The van der Waals surface area contributed by atoms with Gasteiger partial charge in [-0.25, -0.2) is 0 Å². The average Bonchev–Trinajstić information content (AvgIpc) is 3.17. The van der Waals surface area contributed by atoms with Gasteiger partial charge in [-0.1, -0.05) is 206 Å². The molecule has 0 aromatic heterocycles. The highest BCUT2D eigenvalue weighted by molar-refractivity contribution is 5.97. The molecule has 4 rings (SSSR count). The quantitative estimate of drug-likeness (QED) is 0.0637. The fourth-order valence-corrected chi connectivity index (χ4v) is 9.57. The third kappa shape index (κ3) is 12.2. The van der Waals surface area contributed by atoms with Crippen LogP contribution in [0.5, 0.6) is 0 Å². The van der Waals surface area contributed by atoms with Gasteiger partial charge in [0.1, 0.15) is 0 Å². The Morgan fingerprint density at radius 2 is 0.593 bits per heavy atom. The van der Waals surface area contributed by atoms with Gasteiger partial charge in [-0.15, -0.1) is 0 Å². The number of fused-ring (bicyclic) bond motifs is 2. The normalized spacial score (nSPS) is 14.2. The lowest BCUT2D eigenvalue weighted by Crippen LogP contribution is -2.08. The lowest BCUT2D eigenvalue weighted by atomic mass is 9.82. The molecule has 0 spiro atoms. The molecular formula is C54H82.